The van der Waals surface area contributed by atoms with Gasteiger partial charge in [-0.3, -0.25) is 0 Å². The van der Waals surface area contributed by atoms with Crippen molar-refractivity contribution in [2.45, 2.75) is 0 Å². The highest BCUT2D eigenvalue weighted by Gasteiger charge is 2.47. The Labute approximate surface area is 283 Å². The molecular weight excluding hydrogens is 619 g/mol. The van der Waals surface area contributed by atoms with Crippen LogP contribution in [0.3, 0.4) is 0 Å². The highest BCUT2D eigenvalue weighted by Crippen LogP contribution is 2.57. The molecule has 49 heavy (non-hydrogen) atoms. The average Bonchev–Trinajstić information content (AvgIpc) is 3.15. The molecule has 0 aliphatic carbocycles. The van der Waals surface area contributed by atoms with E-state index in [4.69, 9.17) is 28.4 Å². The Bertz CT molecular complexity index is 2310. The second-order valence-corrected chi connectivity index (χ2v) is 12.3. The summed E-state index contributed by atoms with van der Waals surface area (Å²) in [6, 6.07) is 20.5. The van der Waals surface area contributed by atoms with Gasteiger partial charge in [-0.05, 0) is 16.2 Å². The Balaban J connectivity index is 1.65. The van der Waals surface area contributed by atoms with Crippen molar-refractivity contribution in [3.05, 3.63) is 60.7 Å². The highest BCUT2D eigenvalue weighted by atomic mass is 16.5. The first kappa shape index (κ1) is 29.6. The van der Waals surface area contributed by atoms with E-state index in [1.807, 2.05) is 36.4 Å². The Hall–Kier alpha value is -5.55. The molecule has 6 aromatic carbocycles. The molecule has 4 N–H and O–H groups in total. The zero-order valence-electron chi connectivity index (χ0n) is 27.9. The van der Waals surface area contributed by atoms with Crippen molar-refractivity contribution < 1.29 is 33.4 Å². The van der Waals surface area contributed by atoms with Crippen molar-refractivity contribution in [1.82, 2.24) is 0 Å². The molecule has 0 radical (unpaired) electrons. The molecule has 10 nitrogen and oxygen atoms in total. The predicted molar refractivity (Wildman–Crippen MR) is 200 cm³/mol. The van der Waals surface area contributed by atoms with Crippen LogP contribution in [0.4, 0.5) is 17.1 Å². The molecule has 0 saturated heterocycles. The lowest BCUT2D eigenvalue weighted by Gasteiger charge is -2.39. The van der Waals surface area contributed by atoms with E-state index in [1.165, 1.54) is 0 Å². The molecule has 0 spiro atoms. The second-order valence-electron chi connectivity index (χ2n) is 12.3. The first-order valence-electron chi connectivity index (χ1n) is 16.1. The summed E-state index contributed by atoms with van der Waals surface area (Å²) in [5.74, 6) is 3.17. The van der Waals surface area contributed by atoms with Crippen LogP contribution in [-0.4, -0.2) is 68.4 Å². The van der Waals surface area contributed by atoms with Crippen molar-refractivity contribution in [3.8, 4) is 34.5 Å². The third-order valence-corrected chi connectivity index (χ3v) is 10.3. The molecule has 6 aromatic rings. The van der Waals surface area contributed by atoms with Gasteiger partial charge >= 0.3 is 20.7 Å². The van der Waals surface area contributed by atoms with Gasteiger partial charge in [-0.2, -0.15) is 0 Å². The molecule has 0 amide bonds. The van der Waals surface area contributed by atoms with E-state index in [-0.39, 0.29) is 13.7 Å². The SMILES string of the molecule is COc1c(OC)c2c3c4c1NB(O)c1c(OC)c(OC)c5c(c14)c1c(c(OC)c(OC)c(c31)NB2c1ccccc1)B(c1ccccc1)N5. The fourth-order valence-corrected chi connectivity index (χ4v) is 8.55. The number of methoxy groups -OCH3 is 6. The maximum absolute atomic E-state index is 11.9. The minimum Gasteiger partial charge on any atom is -0.493 e. The number of benzene rings is 6. The van der Waals surface area contributed by atoms with Crippen molar-refractivity contribution in [1.29, 1.82) is 0 Å². The highest BCUT2D eigenvalue weighted by molar-refractivity contribution is 6.94. The molecule has 0 bridgehead atoms. The molecule has 3 heterocycles. The fraction of sp³-hybridized carbons (Fsp3) is 0.167. The van der Waals surface area contributed by atoms with Crippen molar-refractivity contribution in [2.75, 3.05) is 58.3 Å². The van der Waals surface area contributed by atoms with Gasteiger partial charge in [-0.15, -0.1) is 0 Å². The maximum Gasteiger partial charge on any atom is 0.451 e. The van der Waals surface area contributed by atoms with Crippen molar-refractivity contribution in [2.24, 2.45) is 0 Å². The van der Waals surface area contributed by atoms with Gasteiger partial charge in [0, 0.05) is 32.5 Å². The van der Waals surface area contributed by atoms with Gasteiger partial charge in [0.15, 0.2) is 34.5 Å². The van der Waals surface area contributed by atoms with Gasteiger partial charge in [0.1, 0.15) is 0 Å². The zero-order chi connectivity index (χ0) is 33.7. The molecule has 0 atom stereocenters. The van der Waals surface area contributed by atoms with Crippen LogP contribution in [0.25, 0.3) is 32.3 Å². The van der Waals surface area contributed by atoms with Gasteiger partial charge in [-0.1, -0.05) is 71.6 Å². The predicted octanol–water partition coefficient (Wildman–Crippen LogP) is 2.37. The Morgan fingerprint density at radius 3 is 1.10 bits per heavy atom. The van der Waals surface area contributed by atoms with Crippen LogP contribution in [0.2, 0.25) is 0 Å². The average molecular weight is 651 g/mol. The van der Waals surface area contributed by atoms with Crippen LogP contribution < -0.4 is 71.4 Å². The minimum atomic E-state index is -1.16. The summed E-state index contributed by atoms with van der Waals surface area (Å²) in [6.07, 6.45) is 0. The van der Waals surface area contributed by atoms with Gasteiger partial charge < -0.3 is 49.1 Å². The van der Waals surface area contributed by atoms with Gasteiger partial charge in [0.05, 0.1) is 59.7 Å². The minimum absolute atomic E-state index is 0.363. The van der Waals surface area contributed by atoms with E-state index in [2.05, 4.69) is 39.9 Å². The standard InChI is InChI=1S/C36H32B3N3O7/c1-44-31-25-19-22-20-24-21-23(19)29(41-37(25)17-13-9-7-10-14-17)35(48-5)33(46-3)27(21)39(43)42-30(24)36(49-6)32(45-2)26(20)38(18-15-11-8-12-16-18)40-28(22)34(31)47-4/h7-16,40-43H,1-6H3. The number of nitrogens with one attached hydrogen (secondary N) is 3. The third-order valence-electron chi connectivity index (χ3n) is 10.3. The summed E-state index contributed by atoms with van der Waals surface area (Å²) in [5.41, 5.74) is 6.61. The molecule has 3 aliphatic rings. The van der Waals surface area contributed by atoms with Crippen molar-refractivity contribution >= 4 is 97.4 Å². The van der Waals surface area contributed by atoms with E-state index >= 15 is 0 Å². The molecule has 242 valence electrons. The summed E-state index contributed by atoms with van der Waals surface area (Å²) in [5, 5.41) is 28.4. The van der Waals surface area contributed by atoms with E-state index in [9.17, 15) is 5.02 Å². The van der Waals surface area contributed by atoms with E-state index in [1.54, 1.807) is 42.7 Å². The Kier molecular flexibility index (Phi) is 6.48. The summed E-state index contributed by atoms with van der Waals surface area (Å²) in [4.78, 5) is 0. The van der Waals surface area contributed by atoms with Crippen LogP contribution >= 0.6 is 0 Å². The lowest BCUT2D eigenvalue weighted by molar-refractivity contribution is 0.358. The van der Waals surface area contributed by atoms with Crippen LogP contribution in [0.5, 0.6) is 34.5 Å². The molecule has 0 fully saturated rings. The fourth-order valence-electron chi connectivity index (χ4n) is 8.55. The Morgan fingerprint density at radius 2 is 0.735 bits per heavy atom. The number of ether oxygens (including phenoxy) is 6. The first-order valence-corrected chi connectivity index (χ1v) is 16.1. The summed E-state index contributed by atoms with van der Waals surface area (Å²) >= 11 is 0. The quantitative estimate of drug-likeness (QED) is 0.145. The van der Waals surface area contributed by atoms with Gasteiger partial charge in [0.25, 0.3) is 0 Å². The second kappa shape index (κ2) is 10.7. The van der Waals surface area contributed by atoms with Crippen molar-refractivity contribution in [3.63, 3.8) is 0 Å². The summed E-state index contributed by atoms with van der Waals surface area (Å²) in [7, 11) is 8.68. The number of anilines is 3. The van der Waals surface area contributed by atoms with Crippen LogP contribution in [0.15, 0.2) is 60.7 Å². The number of hydrogen-bond donors (Lipinski definition) is 4. The molecule has 13 heteroatoms. The smallest absolute Gasteiger partial charge is 0.451 e. The van der Waals surface area contributed by atoms with Crippen LogP contribution in [0, 0.1) is 0 Å². The van der Waals surface area contributed by atoms with Crippen LogP contribution in [-0.2, 0) is 0 Å². The molecule has 0 aromatic heterocycles. The number of hydrogen-bond acceptors (Lipinski definition) is 10. The van der Waals surface area contributed by atoms with Gasteiger partial charge in [-0.25, -0.2) is 0 Å². The first-order chi connectivity index (χ1) is 24.0. The zero-order valence-corrected chi connectivity index (χ0v) is 27.9. The van der Waals surface area contributed by atoms with E-state index in [0.717, 1.165) is 65.5 Å². The topological polar surface area (TPSA) is 112 Å². The van der Waals surface area contributed by atoms with Crippen LogP contribution in [0.1, 0.15) is 0 Å². The van der Waals surface area contributed by atoms with E-state index < -0.39 is 7.05 Å². The van der Waals surface area contributed by atoms with Gasteiger partial charge in [0.2, 0.25) is 0 Å². The third kappa shape index (κ3) is 3.62. The lowest BCUT2D eigenvalue weighted by Crippen LogP contribution is -2.54. The monoisotopic (exact) mass is 651 g/mol. The molecule has 0 unspecified atom stereocenters. The lowest BCUT2D eigenvalue weighted by atomic mass is 9.45. The maximum atomic E-state index is 11.9. The molecular formula is C36H32B3N3O7. The van der Waals surface area contributed by atoms with E-state index in [0.29, 0.717) is 45.6 Å². The summed E-state index contributed by atoms with van der Waals surface area (Å²) in [6.45, 7) is -0.727. The number of rotatable bonds is 8. The molecule has 3 aliphatic heterocycles. The molecule has 9 rings (SSSR count). The molecule has 0 saturated carbocycles. The summed E-state index contributed by atoms with van der Waals surface area (Å²) < 4.78 is 37.2. The largest absolute Gasteiger partial charge is 0.493 e. The normalized spacial score (nSPS) is 13.6. The Morgan fingerprint density at radius 1 is 0.408 bits per heavy atom.